The molecule has 2 rings (SSSR count). The standard InChI is InChI=1S/C19H29N3O2/c1-14-5-6-18(23-4)17(13-14)15(2)22-19(20-3)21-10-7-16-8-11-24-12-9-16/h5-6,8,13,15H,7,9-12H2,1-4H3,(H2,20,21,22). The Morgan fingerprint density at radius 2 is 2.25 bits per heavy atom. The number of ether oxygens (including phenoxy) is 2. The molecule has 1 aromatic rings. The van der Waals surface area contributed by atoms with Crippen molar-refractivity contribution in [3.05, 3.63) is 41.0 Å². The second-order valence-corrected chi connectivity index (χ2v) is 6.05. The molecular formula is C19H29N3O2. The molecule has 0 spiro atoms. The Morgan fingerprint density at radius 3 is 2.92 bits per heavy atom. The lowest BCUT2D eigenvalue weighted by atomic mass is 10.0. The first-order chi connectivity index (χ1) is 11.6. The number of hydrogen-bond acceptors (Lipinski definition) is 3. The van der Waals surface area contributed by atoms with Crippen LogP contribution >= 0.6 is 0 Å². The summed E-state index contributed by atoms with van der Waals surface area (Å²) in [5.74, 6) is 1.70. The van der Waals surface area contributed by atoms with Crippen LogP contribution in [0, 0.1) is 6.92 Å². The number of guanidine groups is 1. The number of nitrogens with one attached hydrogen (secondary N) is 2. The average Bonchev–Trinajstić information content (AvgIpc) is 2.61. The summed E-state index contributed by atoms with van der Waals surface area (Å²) in [6, 6.07) is 6.32. The number of aliphatic imine (C=N–C) groups is 1. The number of benzene rings is 1. The van der Waals surface area contributed by atoms with E-state index in [9.17, 15) is 0 Å². The number of rotatable bonds is 6. The van der Waals surface area contributed by atoms with Crippen molar-refractivity contribution in [1.82, 2.24) is 10.6 Å². The van der Waals surface area contributed by atoms with Crippen LogP contribution in [0.2, 0.25) is 0 Å². The summed E-state index contributed by atoms with van der Waals surface area (Å²) < 4.78 is 10.8. The van der Waals surface area contributed by atoms with Crippen LogP contribution in [-0.4, -0.2) is 39.9 Å². The summed E-state index contributed by atoms with van der Waals surface area (Å²) in [6.45, 7) is 6.65. The van der Waals surface area contributed by atoms with Crippen molar-refractivity contribution >= 4 is 5.96 Å². The van der Waals surface area contributed by atoms with E-state index in [2.05, 4.69) is 47.7 Å². The number of aryl methyl sites for hydroxylation is 1. The highest BCUT2D eigenvalue weighted by atomic mass is 16.5. The van der Waals surface area contributed by atoms with Crippen molar-refractivity contribution < 1.29 is 9.47 Å². The van der Waals surface area contributed by atoms with Crippen molar-refractivity contribution in [2.24, 2.45) is 4.99 Å². The van der Waals surface area contributed by atoms with Gasteiger partial charge in [-0.2, -0.15) is 0 Å². The fourth-order valence-corrected chi connectivity index (χ4v) is 2.80. The predicted octanol–water partition coefficient (Wildman–Crippen LogP) is 2.97. The topological polar surface area (TPSA) is 54.9 Å². The Balaban J connectivity index is 1.90. The molecule has 0 aliphatic carbocycles. The van der Waals surface area contributed by atoms with E-state index in [1.807, 2.05) is 6.07 Å². The molecule has 5 nitrogen and oxygen atoms in total. The van der Waals surface area contributed by atoms with Crippen molar-refractivity contribution in [3.63, 3.8) is 0 Å². The monoisotopic (exact) mass is 331 g/mol. The summed E-state index contributed by atoms with van der Waals surface area (Å²) in [7, 11) is 3.50. The highest BCUT2D eigenvalue weighted by Gasteiger charge is 2.13. The molecule has 1 aliphatic heterocycles. The zero-order valence-electron chi connectivity index (χ0n) is 15.2. The fourth-order valence-electron chi connectivity index (χ4n) is 2.80. The molecule has 1 aromatic carbocycles. The molecule has 0 fully saturated rings. The molecule has 1 heterocycles. The van der Waals surface area contributed by atoms with Crippen LogP contribution in [0.15, 0.2) is 34.8 Å². The molecule has 1 atom stereocenters. The number of methoxy groups -OCH3 is 1. The van der Waals surface area contributed by atoms with Gasteiger partial charge in [0.2, 0.25) is 0 Å². The fraction of sp³-hybridized carbons (Fsp3) is 0.526. The largest absolute Gasteiger partial charge is 0.496 e. The van der Waals surface area contributed by atoms with Crippen LogP contribution in [-0.2, 0) is 4.74 Å². The van der Waals surface area contributed by atoms with E-state index in [0.717, 1.165) is 49.9 Å². The van der Waals surface area contributed by atoms with E-state index in [1.165, 1.54) is 11.1 Å². The Morgan fingerprint density at radius 1 is 1.42 bits per heavy atom. The maximum atomic E-state index is 5.48. The molecule has 0 bridgehead atoms. The summed E-state index contributed by atoms with van der Waals surface area (Å²) in [4.78, 5) is 4.32. The van der Waals surface area contributed by atoms with Gasteiger partial charge in [0.05, 0.1) is 26.4 Å². The van der Waals surface area contributed by atoms with Crippen molar-refractivity contribution in [2.45, 2.75) is 32.7 Å². The van der Waals surface area contributed by atoms with Gasteiger partial charge in [0, 0.05) is 19.2 Å². The predicted molar refractivity (Wildman–Crippen MR) is 98.8 cm³/mol. The first-order valence-corrected chi connectivity index (χ1v) is 8.51. The van der Waals surface area contributed by atoms with Crippen LogP contribution < -0.4 is 15.4 Å². The maximum absolute atomic E-state index is 5.48. The lowest BCUT2D eigenvalue weighted by Crippen LogP contribution is -2.39. The molecule has 132 valence electrons. The lowest BCUT2D eigenvalue weighted by Gasteiger charge is -2.21. The second kappa shape index (κ2) is 9.33. The van der Waals surface area contributed by atoms with Crippen LogP contribution in [0.1, 0.15) is 36.9 Å². The molecular weight excluding hydrogens is 302 g/mol. The van der Waals surface area contributed by atoms with Gasteiger partial charge in [-0.25, -0.2) is 0 Å². The second-order valence-electron chi connectivity index (χ2n) is 6.05. The molecule has 0 saturated carbocycles. The van der Waals surface area contributed by atoms with E-state index in [1.54, 1.807) is 14.2 Å². The summed E-state index contributed by atoms with van der Waals surface area (Å²) in [6.07, 6.45) is 4.23. The zero-order valence-corrected chi connectivity index (χ0v) is 15.2. The average molecular weight is 331 g/mol. The highest BCUT2D eigenvalue weighted by Crippen LogP contribution is 2.25. The molecule has 0 aromatic heterocycles. The molecule has 0 saturated heterocycles. The van der Waals surface area contributed by atoms with Crippen LogP contribution in [0.3, 0.4) is 0 Å². The quantitative estimate of drug-likeness (QED) is 0.478. The summed E-state index contributed by atoms with van der Waals surface area (Å²) in [5.41, 5.74) is 3.80. The van der Waals surface area contributed by atoms with Gasteiger partial charge in [0.25, 0.3) is 0 Å². The Bertz CT molecular complexity index is 596. The molecule has 1 aliphatic rings. The van der Waals surface area contributed by atoms with Gasteiger partial charge >= 0.3 is 0 Å². The van der Waals surface area contributed by atoms with Gasteiger partial charge in [0.15, 0.2) is 5.96 Å². The smallest absolute Gasteiger partial charge is 0.191 e. The third-order valence-corrected chi connectivity index (χ3v) is 4.22. The third kappa shape index (κ3) is 5.27. The molecule has 5 heteroatoms. The minimum atomic E-state index is 0.105. The van der Waals surface area contributed by atoms with Gasteiger partial charge in [0.1, 0.15) is 5.75 Å². The first-order valence-electron chi connectivity index (χ1n) is 8.51. The van der Waals surface area contributed by atoms with Gasteiger partial charge in [-0.05, 0) is 32.8 Å². The minimum absolute atomic E-state index is 0.105. The van der Waals surface area contributed by atoms with Crippen molar-refractivity contribution in [2.75, 3.05) is 33.9 Å². The normalized spacial score (nSPS) is 16.3. The van der Waals surface area contributed by atoms with E-state index in [-0.39, 0.29) is 6.04 Å². The van der Waals surface area contributed by atoms with Crippen LogP contribution in [0.25, 0.3) is 0 Å². The van der Waals surface area contributed by atoms with E-state index < -0.39 is 0 Å². The van der Waals surface area contributed by atoms with Crippen LogP contribution in [0.5, 0.6) is 5.75 Å². The van der Waals surface area contributed by atoms with E-state index in [0.29, 0.717) is 0 Å². The van der Waals surface area contributed by atoms with Crippen LogP contribution in [0.4, 0.5) is 0 Å². The molecule has 2 N–H and O–H groups in total. The highest BCUT2D eigenvalue weighted by molar-refractivity contribution is 5.80. The first kappa shape index (κ1) is 18.3. The number of nitrogens with zero attached hydrogens (tertiary/aromatic N) is 1. The SMILES string of the molecule is CN=C(NCCC1=CCOCC1)NC(C)c1cc(C)ccc1OC. The molecule has 1 unspecified atom stereocenters. The van der Waals surface area contributed by atoms with Gasteiger partial charge in [-0.3, -0.25) is 4.99 Å². The van der Waals surface area contributed by atoms with Crippen molar-refractivity contribution in [3.8, 4) is 5.75 Å². The molecule has 24 heavy (non-hydrogen) atoms. The Labute approximate surface area is 145 Å². The summed E-state index contributed by atoms with van der Waals surface area (Å²) >= 11 is 0. The van der Waals surface area contributed by atoms with Gasteiger partial charge in [-0.15, -0.1) is 0 Å². The van der Waals surface area contributed by atoms with Gasteiger partial charge < -0.3 is 20.1 Å². The minimum Gasteiger partial charge on any atom is -0.496 e. The zero-order chi connectivity index (χ0) is 17.4. The third-order valence-electron chi connectivity index (χ3n) is 4.22. The Kier molecular flexibility index (Phi) is 7.12. The molecule has 0 radical (unpaired) electrons. The van der Waals surface area contributed by atoms with Gasteiger partial charge in [-0.1, -0.05) is 29.3 Å². The number of hydrogen-bond donors (Lipinski definition) is 2. The molecule has 0 amide bonds. The Hall–Kier alpha value is -2.01. The van der Waals surface area contributed by atoms with Crippen molar-refractivity contribution in [1.29, 1.82) is 0 Å². The summed E-state index contributed by atoms with van der Waals surface area (Å²) in [5, 5.41) is 6.82. The maximum Gasteiger partial charge on any atom is 0.191 e. The van der Waals surface area contributed by atoms with E-state index >= 15 is 0 Å². The van der Waals surface area contributed by atoms with E-state index in [4.69, 9.17) is 9.47 Å². The lowest BCUT2D eigenvalue weighted by molar-refractivity contribution is 0.153.